The van der Waals surface area contributed by atoms with Gasteiger partial charge in [-0.15, -0.1) is 0 Å². The number of carbonyl (C=O) groups excluding carboxylic acids is 1. The van der Waals surface area contributed by atoms with Gasteiger partial charge in [0.1, 0.15) is 0 Å². The summed E-state index contributed by atoms with van der Waals surface area (Å²) in [5.74, 6) is -0.116. The van der Waals surface area contributed by atoms with Crippen LogP contribution >= 0.6 is 0 Å². The van der Waals surface area contributed by atoms with Gasteiger partial charge in [0.05, 0.1) is 36.3 Å². The van der Waals surface area contributed by atoms with Crippen LogP contribution in [0.5, 0.6) is 0 Å². The Hall–Kier alpha value is -2.81. The third-order valence-corrected chi connectivity index (χ3v) is 8.20. The number of sulfonamides is 1. The lowest BCUT2D eigenvalue weighted by Crippen LogP contribution is -2.40. The molecule has 1 N–H and O–H groups in total. The smallest absolute Gasteiger partial charge is 0.243 e. The zero-order chi connectivity index (χ0) is 24.7. The maximum Gasteiger partial charge on any atom is 0.243 e. The van der Waals surface area contributed by atoms with Crippen LogP contribution in [0.15, 0.2) is 53.4 Å². The minimum Gasteiger partial charge on any atom is -0.379 e. The Bertz CT molecular complexity index is 1140. The Morgan fingerprint density at radius 1 is 0.914 bits per heavy atom. The third-order valence-electron chi connectivity index (χ3n) is 6.28. The minimum absolute atomic E-state index is 0.116. The zero-order valence-electron chi connectivity index (χ0n) is 19.7. The molecule has 0 spiro atoms. The van der Waals surface area contributed by atoms with E-state index >= 15 is 0 Å². The summed E-state index contributed by atoms with van der Waals surface area (Å²) >= 11 is 0. The van der Waals surface area contributed by atoms with Crippen molar-refractivity contribution in [2.75, 3.05) is 64.3 Å². The largest absolute Gasteiger partial charge is 0.379 e. The van der Waals surface area contributed by atoms with Crippen LogP contribution in [0, 0.1) is 11.3 Å². The Balaban J connectivity index is 1.25. The van der Waals surface area contributed by atoms with Crippen LogP contribution in [0.2, 0.25) is 0 Å². The number of nitrogens with zero attached hydrogens (tertiary/aromatic N) is 4. The van der Waals surface area contributed by atoms with E-state index in [0.717, 1.165) is 39.1 Å². The van der Waals surface area contributed by atoms with Crippen molar-refractivity contribution in [2.45, 2.75) is 17.9 Å². The molecule has 0 aliphatic carbocycles. The highest BCUT2D eigenvalue weighted by Crippen LogP contribution is 2.19. The highest BCUT2D eigenvalue weighted by atomic mass is 32.2. The van der Waals surface area contributed by atoms with Crippen LogP contribution < -0.4 is 5.32 Å². The average Bonchev–Trinajstić information content (AvgIpc) is 3.10. The van der Waals surface area contributed by atoms with Crippen molar-refractivity contribution in [3.05, 3.63) is 59.7 Å². The highest BCUT2D eigenvalue weighted by molar-refractivity contribution is 7.89. The van der Waals surface area contributed by atoms with Gasteiger partial charge in [-0.3, -0.25) is 14.6 Å². The molecule has 10 heteroatoms. The summed E-state index contributed by atoms with van der Waals surface area (Å²) in [7, 11) is -3.55. The number of rotatable bonds is 7. The number of carbonyl (C=O) groups is 1. The number of ether oxygens (including phenoxy) is 1. The second kappa shape index (κ2) is 11.7. The maximum atomic E-state index is 12.7. The van der Waals surface area contributed by atoms with E-state index in [1.165, 1.54) is 22.0 Å². The second-order valence-corrected chi connectivity index (χ2v) is 10.7. The summed E-state index contributed by atoms with van der Waals surface area (Å²) in [5.41, 5.74) is 2.41. The number of nitrogens with one attached hydrogen (secondary N) is 1. The lowest BCUT2D eigenvalue weighted by Gasteiger charge is -2.26. The molecule has 4 rings (SSSR count). The van der Waals surface area contributed by atoms with Gasteiger partial charge in [-0.25, -0.2) is 8.42 Å². The first-order chi connectivity index (χ1) is 16.9. The summed E-state index contributed by atoms with van der Waals surface area (Å²) in [4.78, 5) is 17.3. The second-order valence-electron chi connectivity index (χ2n) is 8.80. The van der Waals surface area contributed by atoms with Crippen LogP contribution in [0.3, 0.4) is 0 Å². The summed E-state index contributed by atoms with van der Waals surface area (Å²) in [6, 6.07) is 16.1. The van der Waals surface area contributed by atoms with Gasteiger partial charge in [-0.2, -0.15) is 9.57 Å². The van der Waals surface area contributed by atoms with Crippen molar-refractivity contribution < 1.29 is 17.9 Å². The molecule has 0 radical (unpaired) electrons. The van der Waals surface area contributed by atoms with E-state index in [-0.39, 0.29) is 10.8 Å². The van der Waals surface area contributed by atoms with Crippen molar-refractivity contribution >= 4 is 21.6 Å². The predicted octanol–water partition coefficient (Wildman–Crippen LogP) is 1.73. The maximum absolute atomic E-state index is 12.7. The zero-order valence-corrected chi connectivity index (χ0v) is 20.5. The van der Waals surface area contributed by atoms with Crippen molar-refractivity contribution in [1.29, 1.82) is 5.26 Å². The molecule has 2 heterocycles. The van der Waals surface area contributed by atoms with Crippen LogP contribution in [0.4, 0.5) is 5.69 Å². The lowest BCUT2D eigenvalue weighted by molar-refractivity contribution is -0.117. The summed E-state index contributed by atoms with van der Waals surface area (Å²) in [6.07, 6.45) is 0.970. The van der Waals surface area contributed by atoms with E-state index < -0.39 is 10.0 Å². The standard InChI is InChI=1S/C25H31N5O4S/c26-18-21-2-4-22(5-3-21)19-28-10-1-11-29(13-12-28)20-25(31)27-23-6-8-24(9-7-23)35(32,33)30-14-16-34-17-15-30/h2-9H,1,10-17,19-20H2,(H,27,31). The molecule has 2 aromatic rings. The summed E-state index contributed by atoms with van der Waals surface area (Å²) in [5, 5.41) is 11.8. The fourth-order valence-electron chi connectivity index (χ4n) is 4.33. The fraction of sp³-hybridized carbons (Fsp3) is 0.440. The molecule has 1 amide bonds. The first-order valence-corrected chi connectivity index (χ1v) is 13.3. The van der Waals surface area contributed by atoms with E-state index in [9.17, 15) is 13.2 Å². The van der Waals surface area contributed by atoms with Gasteiger partial charge in [0, 0.05) is 38.4 Å². The van der Waals surface area contributed by atoms with E-state index in [0.29, 0.717) is 44.1 Å². The van der Waals surface area contributed by atoms with E-state index in [2.05, 4.69) is 21.2 Å². The molecule has 2 fully saturated rings. The average molecular weight is 498 g/mol. The van der Waals surface area contributed by atoms with Crippen molar-refractivity contribution in [3.63, 3.8) is 0 Å². The van der Waals surface area contributed by atoms with Crippen molar-refractivity contribution in [3.8, 4) is 6.07 Å². The molecule has 2 aliphatic rings. The molecule has 9 nitrogen and oxygen atoms in total. The number of nitriles is 1. The lowest BCUT2D eigenvalue weighted by atomic mass is 10.1. The number of morpholine rings is 1. The number of hydrogen-bond donors (Lipinski definition) is 1. The molecule has 35 heavy (non-hydrogen) atoms. The van der Waals surface area contributed by atoms with Gasteiger partial charge in [0.15, 0.2) is 0 Å². The first-order valence-electron chi connectivity index (χ1n) is 11.9. The molecule has 0 atom stereocenters. The van der Waals surface area contributed by atoms with Gasteiger partial charge >= 0.3 is 0 Å². The normalized spacial score (nSPS) is 18.5. The van der Waals surface area contributed by atoms with Crippen LogP contribution in [-0.4, -0.2) is 87.5 Å². The van der Waals surface area contributed by atoms with E-state index in [1.54, 1.807) is 12.1 Å². The summed E-state index contributed by atoms with van der Waals surface area (Å²) < 4.78 is 32.2. The molecular weight excluding hydrogens is 466 g/mol. The van der Waals surface area contributed by atoms with Crippen molar-refractivity contribution in [1.82, 2.24) is 14.1 Å². The highest BCUT2D eigenvalue weighted by Gasteiger charge is 2.26. The van der Waals surface area contributed by atoms with Crippen LogP contribution in [0.25, 0.3) is 0 Å². The van der Waals surface area contributed by atoms with Crippen LogP contribution in [-0.2, 0) is 26.1 Å². The Morgan fingerprint density at radius 3 is 2.26 bits per heavy atom. The molecule has 0 aromatic heterocycles. The minimum atomic E-state index is -3.55. The number of hydrogen-bond acceptors (Lipinski definition) is 7. The molecule has 0 bridgehead atoms. The Labute approximate surface area is 206 Å². The molecular formula is C25H31N5O4S. The van der Waals surface area contributed by atoms with E-state index in [4.69, 9.17) is 10.00 Å². The first kappa shape index (κ1) is 25.3. The van der Waals surface area contributed by atoms with Gasteiger partial charge in [0.25, 0.3) is 0 Å². The fourth-order valence-corrected chi connectivity index (χ4v) is 5.74. The molecule has 0 saturated carbocycles. The van der Waals surface area contributed by atoms with E-state index in [1.807, 2.05) is 24.3 Å². The van der Waals surface area contributed by atoms with Gasteiger partial charge in [0.2, 0.25) is 15.9 Å². The Kier molecular flexibility index (Phi) is 8.49. The third kappa shape index (κ3) is 6.87. The van der Waals surface area contributed by atoms with Gasteiger partial charge < -0.3 is 10.1 Å². The number of benzene rings is 2. The van der Waals surface area contributed by atoms with Crippen molar-refractivity contribution in [2.24, 2.45) is 0 Å². The molecule has 2 aliphatic heterocycles. The number of amides is 1. The topological polar surface area (TPSA) is 106 Å². The SMILES string of the molecule is N#Cc1ccc(CN2CCCN(CC(=O)Nc3ccc(S(=O)(=O)N4CCOCC4)cc3)CC2)cc1. The Morgan fingerprint density at radius 2 is 1.57 bits per heavy atom. The van der Waals surface area contributed by atoms with Crippen LogP contribution in [0.1, 0.15) is 17.5 Å². The molecule has 2 aromatic carbocycles. The molecule has 0 unspecified atom stereocenters. The monoisotopic (exact) mass is 497 g/mol. The number of anilines is 1. The molecule has 186 valence electrons. The molecule has 2 saturated heterocycles. The van der Waals surface area contributed by atoms with Gasteiger partial charge in [-0.05, 0) is 61.5 Å². The quantitative estimate of drug-likeness (QED) is 0.621. The predicted molar refractivity (Wildman–Crippen MR) is 132 cm³/mol. The summed E-state index contributed by atoms with van der Waals surface area (Å²) in [6.45, 7) is 6.06. The van der Waals surface area contributed by atoms with Gasteiger partial charge in [-0.1, -0.05) is 12.1 Å².